The van der Waals surface area contributed by atoms with Crippen LogP contribution in [0.3, 0.4) is 0 Å². The Balaban J connectivity index is 1.67. The summed E-state index contributed by atoms with van der Waals surface area (Å²) in [6.45, 7) is 4.34. The summed E-state index contributed by atoms with van der Waals surface area (Å²) in [5.74, 6) is -0.167. The zero-order chi connectivity index (χ0) is 17.7. The van der Waals surface area contributed by atoms with Crippen LogP contribution in [0, 0.1) is 12.7 Å². The van der Waals surface area contributed by atoms with Gasteiger partial charge in [0.15, 0.2) is 0 Å². The fraction of sp³-hybridized carbons (Fsp3) is 0.304. The Bertz CT molecular complexity index is 1010. The molecule has 5 rings (SSSR count). The van der Waals surface area contributed by atoms with Gasteiger partial charge in [-0.1, -0.05) is 18.2 Å². The number of fused-ring (bicyclic) bond motifs is 2. The van der Waals surface area contributed by atoms with Gasteiger partial charge in [0.25, 0.3) is 0 Å². The first-order valence-corrected chi connectivity index (χ1v) is 9.50. The quantitative estimate of drug-likeness (QED) is 0.609. The number of hydrogen-bond acceptors (Lipinski definition) is 1. The average molecular weight is 346 g/mol. The van der Waals surface area contributed by atoms with Crippen molar-refractivity contribution in [1.82, 2.24) is 9.47 Å². The van der Waals surface area contributed by atoms with Crippen LogP contribution < -0.4 is 0 Å². The van der Waals surface area contributed by atoms with Crippen LogP contribution in [0.1, 0.15) is 30.4 Å². The predicted octanol–water partition coefficient (Wildman–Crippen LogP) is 5.33. The highest BCUT2D eigenvalue weighted by atomic mass is 19.1. The summed E-state index contributed by atoms with van der Waals surface area (Å²) >= 11 is 0. The monoisotopic (exact) mass is 346 g/mol. The molecule has 1 atom stereocenters. The lowest BCUT2D eigenvalue weighted by atomic mass is 9.94. The molecular weight excluding hydrogens is 323 g/mol. The SMILES string of the molecule is Cc1cccc(-n2cc(C3=CCN4CCC[C@@H]4C3)c3cc(F)ccc32)c1. The molecule has 2 nitrogen and oxygen atoms in total. The van der Waals surface area contributed by atoms with Gasteiger partial charge < -0.3 is 4.57 Å². The van der Waals surface area contributed by atoms with Gasteiger partial charge in [-0.05, 0) is 74.2 Å². The van der Waals surface area contributed by atoms with Crippen molar-refractivity contribution in [2.24, 2.45) is 0 Å². The molecule has 2 aromatic carbocycles. The Labute approximate surface area is 153 Å². The van der Waals surface area contributed by atoms with Crippen molar-refractivity contribution < 1.29 is 4.39 Å². The molecule has 0 spiro atoms. The third kappa shape index (κ3) is 2.58. The molecule has 26 heavy (non-hydrogen) atoms. The first-order valence-electron chi connectivity index (χ1n) is 9.50. The molecule has 0 saturated carbocycles. The zero-order valence-electron chi connectivity index (χ0n) is 15.1. The van der Waals surface area contributed by atoms with Crippen molar-refractivity contribution in [2.75, 3.05) is 13.1 Å². The number of hydrogen-bond donors (Lipinski definition) is 0. The van der Waals surface area contributed by atoms with E-state index in [1.165, 1.54) is 36.1 Å². The van der Waals surface area contributed by atoms with Crippen molar-refractivity contribution in [3.05, 3.63) is 71.7 Å². The molecule has 0 radical (unpaired) electrons. The highest BCUT2D eigenvalue weighted by Gasteiger charge is 2.29. The number of aromatic nitrogens is 1. The Morgan fingerprint density at radius 2 is 2.04 bits per heavy atom. The molecule has 2 aliphatic heterocycles. The van der Waals surface area contributed by atoms with Gasteiger partial charge in [-0.2, -0.15) is 0 Å². The van der Waals surface area contributed by atoms with Gasteiger partial charge in [0, 0.05) is 35.4 Å². The second-order valence-electron chi connectivity index (χ2n) is 7.64. The highest BCUT2D eigenvalue weighted by Crippen LogP contribution is 2.37. The van der Waals surface area contributed by atoms with Crippen molar-refractivity contribution >= 4 is 16.5 Å². The van der Waals surface area contributed by atoms with Gasteiger partial charge in [-0.15, -0.1) is 0 Å². The standard InChI is InChI=1S/C23H23FN2/c1-16-4-2-5-20(12-16)26-15-22(21-14-18(24)7-8-23(21)26)17-9-11-25-10-3-6-19(25)13-17/h2,4-5,7-9,12,14-15,19H,3,6,10-11,13H2,1H3/t19-/m1/s1. The minimum atomic E-state index is -0.167. The molecule has 3 aromatic rings. The van der Waals surface area contributed by atoms with E-state index in [4.69, 9.17) is 0 Å². The van der Waals surface area contributed by atoms with Crippen LogP contribution in [-0.2, 0) is 0 Å². The van der Waals surface area contributed by atoms with Crippen LogP contribution in [0.4, 0.5) is 4.39 Å². The Morgan fingerprint density at radius 1 is 1.12 bits per heavy atom. The first-order chi connectivity index (χ1) is 12.7. The van der Waals surface area contributed by atoms with Gasteiger partial charge in [0.05, 0.1) is 5.52 Å². The van der Waals surface area contributed by atoms with E-state index in [-0.39, 0.29) is 5.82 Å². The number of aryl methyl sites for hydroxylation is 1. The number of nitrogens with zero attached hydrogens (tertiary/aromatic N) is 2. The van der Waals surface area contributed by atoms with Crippen molar-refractivity contribution in [1.29, 1.82) is 0 Å². The fourth-order valence-electron chi connectivity index (χ4n) is 4.60. The topological polar surface area (TPSA) is 8.17 Å². The summed E-state index contributed by atoms with van der Waals surface area (Å²) in [4.78, 5) is 2.57. The zero-order valence-corrected chi connectivity index (χ0v) is 15.1. The molecule has 0 amide bonds. The molecule has 1 fully saturated rings. The van der Waals surface area contributed by atoms with Gasteiger partial charge in [0.1, 0.15) is 5.82 Å². The minimum absolute atomic E-state index is 0.167. The molecule has 1 aromatic heterocycles. The number of rotatable bonds is 2. The lowest BCUT2D eigenvalue weighted by molar-refractivity contribution is 0.275. The minimum Gasteiger partial charge on any atom is -0.316 e. The molecule has 1 saturated heterocycles. The maximum Gasteiger partial charge on any atom is 0.123 e. The predicted molar refractivity (Wildman–Crippen MR) is 105 cm³/mol. The summed E-state index contributed by atoms with van der Waals surface area (Å²) < 4.78 is 16.2. The summed E-state index contributed by atoms with van der Waals surface area (Å²) in [6, 6.07) is 14.3. The molecule has 3 heterocycles. The fourth-order valence-corrected chi connectivity index (χ4v) is 4.60. The summed E-state index contributed by atoms with van der Waals surface area (Å²) in [6.07, 6.45) is 8.20. The molecule has 3 heteroatoms. The van der Waals surface area contributed by atoms with Gasteiger partial charge in [-0.3, -0.25) is 4.90 Å². The smallest absolute Gasteiger partial charge is 0.123 e. The Hall–Kier alpha value is -2.39. The van der Waals surface area contributed by atoms with Gasteiger partial charge in [0.2, 0.25) is 0 Å². The third-order valence-corrected chi connectivity index (χ3v) is 5.92. The summed E-state index contributed by atoms with van der Waals surface area (Å²) in [5.41, 5.74) is 5.99. The second-order valence-corrected chi connectivity index (χ2v) is 7.64. The van der Waals surface area contributed by atoms with Crippen molar-refractivity contribution in [3.63, 3.8) is 0 Å². The number of halogens is 1. The van der Waals surface area contributed by atoms with Crippen LogP contribution in [0.15, 0.2) is 54.7 Å². The summed E-state index contributed by atoms with van der Waals surface area (Å²) in [5, 5.41) is 1.02. The van der Waals surface area contributed by atoms with E-state index >= 15 is 0 Å². The van der Waals surface area contributed by atoms with E-state index in [0.29, 0.717) is 6.04 Å². The normalized spacial score (nSPS) is 20.4. The molecular formula is C23H23FN2. The average Bonchev–Trinajstić information content (AvgIpc) is 3.25. The van der Waals surface area contributed by atoms with E-state index in [1.54, 1.807) is 12.1 Å². The highest BCUT2D eigenvalue weighted by molar-refractivity contribution is 5.94. The molecule has 0 aliphatic carbocycles. The maximum atomic E-state index is 14.0. The van der Waals surface area contributed by atoms with Crippen molar-refractivity contribution in [2.45, 2.75) is 32.2 Å². The van der Waals surface area contributed by atoms with E-state index in [0.717, 1.165) is 29.6 Å². The van der Waals surface area contributed by atoms with Crippen LogP contribution in [0.2, 0.25) is 0 Å². The summed E-state index contributed by atoms with van der Waals surface area (Å²) in [7, 11) is 0. The van der Waals surface area contributed by atoms with Gasteiger partial charge >= 0.3 is 0 Å². The van der Waals surface area contributed by atoms with E-state index < -0.39 is 0 Å². The van der Waals surface area contributed by atoms with E-state index in [1.807, 2.05) is 6.07 Å². The third-order valence-electron chi connectivity index (χ3n) is 5.92. The molecule has 2 aliphatic rings. The lowest BCUT2D eigenvalue weighted by Gasteiger charge is -2.29. The molecule has 0 unspecified atom stereocenters. The lowest BCUT2D eigenvalue weighted by Crippen LogP contribution is -2.32. The maximum absolute atomic E-state index is 14.0. The molecule has 0 N–H and O–H groups in total. The van der Waals surface area contributed by atoms with Crippen LogP contribution >= 0.6 is 0 Å². The van der Waals surface area contributed by atoms with Crippen molar-refractivity contribution in [3.8, 4) is 5.69 Å². The number of benzene rings is 2. The molecule has 132 valence electrons. The van der Waals surface area contributed by atoms with Crippen LogP contribution in [0.5, 0.6) is 0 Å². The first kappa shape index (κ1) is 15.8. The molecule has 0 bridgehead atoms. The van der Waals surface area contributed by atoms with E-state index in [2.05, 4.69) is 52.9 Å². The Kier molecular flexibility index (Phi) is 3.71. The second kappa shape index (κ2) is 6.10. The largest absolute Gasteiger partial charge is 0.316 e. The van der Waals surface area contributed by atoms with Gasteiger partial charge in [-0.25, -0.2) is 4.39 Å². The van der Waals surface area contributed by atoms with E-state index in [9.17, 15) is 4.39 Å². The van der Waals surface area contributed by atoms with Crippen LogP contribution in [-0.4, -0.2) is 28.6 Å². The Morgan fingerprint density at radius 3 is 2.92 bits per heavy atom. The van der Waals surface area contributed by atoms with Crippen LogP contribution in [0.25, 0.3) is 22.2 Å².